The van der Waals surface area contributed by atoms with E-state index in [0.29, 0.717) is 11.9 Å². The van der Waals surface area contributed by atoms with Crippen molar-refractivity contribution in [1.29, 1.82) is 0 Å². The number of nitrogens with two attached hydrogens (primary N) is 1. The molecule has 0 bridgehead atoms. The van der Waals surface area contributed by atoms with Crippen LogP contribution < -0.4 is 5.73 Å². The van der Waals surface area contributed by atoms with E-state index in [1.165, 1.54) is 0 Å². The zero-order chi connectivity index (χ0) is 9.97. The lowest BCUT2D eigenvalue weighted by molar-refractivity contribution is 0.0533. The summed E-state index contributed by atoms with van der Waals surface area (Å²) in [5.74, 6) is 0.554. The van der Waals surface area contributed by atoms with Crippen LogP contribution in [0.15, 0.2) is 0 Å². The summed E-state index contributed by atoms with van der Waals surface area (Å²) in [5.41, 5.74) is 6.75. The fraction of sp³-hybridized carbons (Fsp3) is 0.778. The standard InChI is InChI=1S/C9H16N4O/c1-2-8-9(10)11-12-13(8)7-4-3-5-14-6-7/h7H,2-6,10H2,1H3. The van der Waals surface area contributed by atoms with Gasteiger partial charge < -0.3 is 10.5 Å². The van der Waals surface area contributed by atoms with Crippen LogP contribution in [0.25, 0.3) is 0 Å². The van der Waals surface area contributed by atoms with Crippen molar-refractivity contribution in [1.82, 2.24) is 15.0 Å². The van der Waals surface area contributed by atoms with Crippen LogP contribution in [0.2, 0.25) is 0 Å². The van der Waals surface area contributed by atoms with E-state index in [-0.39, 0.29) is 0 Å². The average Bonchev–Trinajstić information content (AvgIpc) is 2.61. The highest BCUT2D eigenvalue weighted by atomic mass is 16.5. The Morgan fingerprint density at radius 1 is 1.64 bits per heavy atom. The molecule has 14 heavy (non-hydrogen) atoms. The third-order valence-corrected chi connectivity index (χ3v) is 2.64. The first-order valence-electron chi connectivity index (χ1n) is 5.10. The molecule has 1 aromatic rings. The zero-order valence-electron chi connectivity index (χ0n) is 8.44. The van der Waals surface area contributed by atoms with E-state index in [4.69, 9.17) is 10.5 Å². The number of hydrogen-bond acceptors (Lipinski definition) is 4. The summed E-state index contributed by atoms with van der Waals surface area (Å²) >= 11 is 0. The van der Waals surface area contributed by atoms with Gasteiger partial charge in [-0.05, 0) is 19.3 Å². The van der Waals surface area contributed by atoms with Crippen molar-refractivity contribution in [3.8, 4) is 0 Å². The highest BCUT2D eigenvalue weighted by Crippen LogP contribution is 2.22. The molecule has 1 aliphatic heterocycles. The van der Waals surface area contributed by atoms with Crippen molar-refractivity contribution in [2.24, 2.45) is 0 Å². The van der Waals surface area contributed by atoms with Crippen LogP contribution in [-0.2, 0) is 11.2 Å². The van der Waals surface area contributed by atoms with Gasteiger partial charge in [0.15, 0.2) is 5.82 Å². The molecule has 0 saturated carbocycles. The van der Waals surface area contributed by atoms with E-state index in [2.05, 4.69) is 17.2 Å². The monoisotopic (exact) mass is 196 g/mol. The average molecular weight is 196 g/mol. The maximum Gasteiger partial charge on any atom is 0.169 e. The molecule has 0 amide bonds. The molecule has 78 valence electrons. The lowest BCUT2D eigenvalue weighted by atomic mass is 10.1. The van der Waals surface area contributed by atoms with E-state index in [1.54, 1.807) is 0 Å². The van der Waals surface area contributed by atoms with Crippen LogP contribution >= 0.6 is 0 Å². The SMILES string of the molecule is CCc1c(N)nnn1C1CCCOC1. The summed E-state index contributed by atoms with van der Waals surface area (Å²) < 4.78 is 7.34. The predicted molar refractivity (Wildman–Crippen MR) is 52.9 cm³/mol. The normalized spacial score (nSPS) is 22.5. The van der Waals surface area contributed by atoms with E-state index >= 15 is 0 Å². The maximum atomic E-state index is 5.72. The van der Waals surface area contributed by atoms with Crippen molar-refractivity contribution in [3.63, 3.8) is 0 Å². The first kappa shape index (κ1) is 9.45. The fourth-order valence-electron chi connectivity index (χ4n) is 1.88. The summed E-state index contributed by atoms with van der Waals surface area (Å²) in [6, 6.07) is 0.323. The van der Waals surface area contributed by atoms with Gasteiger partial charge in [0.2, 0.25) is 0 Å². The molecular formula is C9H16N4O. The molecule has 2 rings (SSSR count). The molecule has 0 aromatic carbocycles. The highest BCUT2D eigenvalue weighted by Gasteiger charge is 2.20. The number of aromatic nitrogens is 3. The summed E-state index contributed by atoms with van der Waals surface area (Å²) in [4.78, 5) is 0. The Kier molecular flexibility index (Phi) is 2.67. The molecule has 0 spiro atoms. The van der Waals surface area contributed by atoms with Gasteiger partial charge in [0.1, 0.15) is 0 Å². The van der Waals surface area contributed by atoms with Crippen molar-refractivity contribution in [2.45, 2.75) is 32.2 Å². The van der Waals surface area contributed by atoms with Crippen LogP contribution in [0.3, 0.4) is 0 Å². The Morgan fingerprint density at radius 2 is 2.50 bits per heavy atom. The largest absolute Gasteiger partial charge is 0.381 e. The van der Waals surface area contributed by atoms with E-state index < -0.39 is 0 Å². The van der Waals surface area contributed by atoms with Crippen molar-refractivity contribution in [3.05, 3.63) is 5.69 Å². The van der Waals surface area contributed by atoms with Gasteiger partial charge in [0.05, 0.1) is 18.3 Å². The minimum absolute atomic E-state index is 0.323. The van der Waals surface area contributed by atoms with Crippen molar-refractivity contribution in [2.75, 3.05) is 18.9 Å². The molecule has 0 aliphatic carbocycles. The molecule has 5 nitrogen and oxygen atoms in total. The van der Waals surface area contributed by atoms with Crippen LogP contribution in [0.1, 0.15) is 31.5 Å². The molecular weight excluding hydrogens is 180 g/mol. The Morgan fingerprint density at radius 3 is 3.14 bits per heavy atom. The molecule has 1 aliphatic rings. The first-order valence-corrected chi connectivity index (χ1v) is 5.10. The van der Waals surface area contributed by atoms with Gasteiger partial charge in [-0.2, -0.15) is 0 Å². The second-order valence-electron chi connectivity index (χ2n) is 3.59. The predicted octanol–water partition coefficient (Wildman–Crippen LogP) is 0.774. The third-order valence-electron chi connectivity index (χ3n) is 2.64. The minimum atomic E-state index is 0.323. The van der Waals surface area contributed by atoms with Gasteiger partial charge in [-0.25, -0.2) is 4.68 Å². The topological polar surface area (TPSA) is 66.0 Å². The van der Waals surface area contributed by atoms with Gasteiger partial charge >= 0.3 is 0 Å². The Bertz CT molecular complexity index is 304. The Balaban J connectivity index is 2.21. The van der Waals surface area contributed by atoms with Crippen LogP contribution in [0, 0.1) is 0 Å². The second kappa shape index (κ2) is 3.96. The molecule has 1 fully saturated rings. The molecule has 1 aromatic heterocycles. The summed E-state index contributed by atoms with van der Waals surface area (Å²) in [6.45, 7) is 3.66. The van der Waals surface area contributed by atoms with Crippen molar-refractivity contribution >= 4 is 5.82 Å². The third kappa shape index (κ3) is 1.59. The van der Waals surface area contributed by atoms with Gasteiger partial charge in [-0.3, -0.25) is 0 Å². The summed E-state index contributed by atoms with van der Waals surface area (Å²) in [7, 11) is 0. The first-order chi connectivity index (χ1) is 6.83. The number of nitrogens with zero attached hydrogens (tertiary/aromatic N) is 3. The Hall–Kier alpha value is -1.10. The molecule has 1 atom stereocenters. The van der Waals surface area contributed by atoms with Gasteiger partial charge in [0, 0.05) is 6.61 Å². The number of rotatable bonds is 2. The molecule has 5 heteroatoms. The molecule has 0 radical (unpaired) electrons. The summed E-state index contributed by atoms with van der Waals surface area (Å²) in [5, 5.41) is 7.97. The smallest absolute Gasteiger partial charge is 0.169 e. The molecule has 2 heterocycles. The van der Waals surface area contributed by atoms with Crippen LogP contribution in [-0.4, -0.2) is 28.2 Å². The fourth-order valence-corrected chi connectivity index (χ4v) is 1.88. The van der Waals surface area contributed by atoms with Crippen molar-refractivity contribution < 1.29 is 4.74 Å². The summed E-state index contributed by atoms with van der Waals surface area (Å²) in [6.07, 6.45) is 3.07. The number of hydrogen-bond donors (Lipinski definition) is 1. The quantitative estimate of drug-likeness (QED) is 0.758. The van der Waals surface area contributed by atoms with Crippen LogP contribution in [0.5, 0.6) is 0 Å². The van der Waals surface area contributed by atoms with Gasteiger partial charge in [-0.1, -0.05) is 12.1 Å². The lowest BCUT2D eigenvalue weighted by Gasteiger charge is -2.23. The van der Waals surface area contributed by atoms with E-state index in [1.807, 2.05) is 4.68 Å². The molecule has 1 saturated heterocycles. The second-order valence-corrected chi connectivity index (χ2v) is 3.59. The highest BCUT2D eigenvalue weighted by molar-refractivity contribution is 5.32. The van der Waals surface area contributed by atoms with E-state index in [0.717, 1.165) is 38.2 Å². The molecule has 2 N–H and O–H groups in total. The number of ether oxygens (including phenoxy) is 1. The minimum Gasteiger partial charge on any atom is -0.381 e. The van der Waals surface area contributed by atoms with E-state index in [9.17, 15) is 0 Å². The van der Waals surface area contributed by atoms with Crippen LogP contribution in [0.4, 0.5) is 5.82 Å². The lowest BCUT2D eigenvalue weighted by Crippen LogP contribution is -2.23. The van der Waals surface area contributed by atoms with Gasteiger partial charge in [0.25, 0.3) is 0 Å². The number of nitrogen functional groups attached to an aromatic ring is 1. The molecule has 1 unspecified atom stereocenters. The Labute approximate surface area is 83.2 Å². The zero-order valence-corrected chi connectivity index (χ0v) is 8.44. The number of anilines is 1. The van der Waals surface area contributed by atoms with Gasteiger partial charge in [-0.15, -0.1) is 5.10 Å². The maximum absolute atomic E-state index is 5.72.